The molecule has 1 heterocycles. The molecule has 1 aliphatic rings. The van der Waals surface area contributed by atoms with Crippen LogP contribution in [-0.2, 0) is 16.0 Å². The standard InChI is InChI=1S/C30H33FN2O3/c1-19(2)16-28(34)33-15-14-22-10-13-26(18-27(22)29(33)23-6-5-7-24(31)17-23)36-21(4)30(35)32-25-11-8-20(3)9-12-25/h5-13,17-19,21,29H,14-16H2,1-4H3,(H,32,35)/t21-,29-/m0/s1. The summed E-state index contributed by atoms with van der Waals surface area (Å²) in [5.74, 6) is 0.188. The van der Waals surface area contributed by atoms with Crippen LogP contribution in [0, 0.1) is 18.7 Å². The molecular formula is C30H33FN2O3. The normalized spacial score (nSPS) is 15.8. The number of hydrogen-bond donors (Lipinski definition) is 1. The highest BCUT2D eigenvalue weighted by molar-refractivity contribution is 5.94. The third-order valence-corrected chi connectivity index (χ3v) is 6.41. The number of carbonyl (C=O) groups excluding carboxylic acids is 2. The van der Waals surface area contributed by atoms with Gasteiger partial charge in [0.2, 0.25) is 5.91 Å². The van der Waals surface area contributed by atoms with Crippen LogP contribution in [0.5, 0.6) is 5.75 Å². The van der Waals surface area contributed by atoms with Crippen LogP contribution in [0.1, 0.15) is 55.5 Å². The highest BCUT2D eigenvalue weighted by Crippen LogP contribution is 2.38. The van der Waals surface area contributed by atoms with E-state index in [1.54, 1.807) is 13.0 Å². The van der Waals surface area contributed by atoms with Crippen molar-refractivity contribution in [3.05, 3.63) is 94.8 Å². The summed E-state index contributed by atoms with van der Waals surface area (Å²) in [5, 5.41) is 2.87. The zero-order chi connectivity index (χ0) is 25.8. The summed E-state index contributed by atoms with van der Waals surface area (Å²) in [6.45, 7) is 8.28. The van der Waals surface area contributed by atoms with Crippen LogP contribution in [0.15, 0.2) is 66.7 Å². The molecule has 188 valence electrons. The number of nitrogens with zero attached hydrogens (tertiary/aromatic N) is 1. The Labute approximate surface area is 212 Å². The van der Waals surface area contributed by atoms with E-state index in [2.05, 4.69) is 5.32 Å². The molecule has 2 atom stereocenters. The molecule has 0 aromatic heterocycles. The Morgan fingerprint density at radius 1 is 1.06 bits per heavy atom. The number of halogens is 1. The Morgan fingerprint density at radius 3 is 2.50 bits per heavy atom. The first-order valence-corrected chi connectivity index (χ1v) is 12.4. The van der Waals surface area contributed by atoms with Gasteiger partial charge in [-0.05, 0) is 79.3 Å². The van der Waals surface area contributed by atoms with E-state index in [4.69, 9.17) is 4.74 Å². The fraction of sp³-hybridized carbons (Fsp3) is 0.333. The fourth-order valence-electron chi connectivity index (χ4n) is 4.58. The molecule has 3 aromatic carbocycles. The van der Waals surface area contributed by atoms with Crippen molar-refractivity contribution in [1.29, 1.82) is 0 Å². The van der Waals surface area contributed by atoms with Crippen molar-refractivity contribution in [3.63, 3.8) is 0 Å². The highest BCUT2D eigenvalue weighted by Gasteiger charge is 2.33. The Hall–Kier alpha value is -3.67. The number of carbonyl (C=O) groups is 2. The molecule has 0 aliphatic carbocycles. The van der Waals surface area contributed by atoms with E-state index in [1.807, 2.05) is 74.2 Å². The minimum absolute atomic E-state index is 0.0436. The van der Waals surface area contributed by atoms with E-state index in [1.165, 1.54) is 12.1 Å². The van der Waals surface area contributed by atoms with Crippen molar-refractivity contribution in [2.24, 2.45) is 5.92 Å². The van der Waals surface area contributed by atoms with E-state index in [9.17, 15) is 14.0 Å². The molecule has 0 spiro atoms. The van der Waals surface area contributed by atoms with Crippen LogP contribution < -0.4 is 10.1 Å². The topological polar surface area (TPSA) is 58.6 Å². The average molecular weight is 489 g/mol. The molecule has 5 nitrogen and oxygen atoms in total. The number of anilines is 1. The van der Waals surface area contributed by atoms with Gasteiger partial charge in [0.1, 0.15) is 11.6 Å². The molecule has 3 aromatic rings. The summed E-state index contributed by atoms with van der Waals surface area (Å²) < 4.78 is 20.2. The van der Waals surface area contributed by atoms with E-state index in [-0.39, 0.29) is 23.5 Å². The molecular weight excluding hydrogens is 455 g/mol. The lowest BCUT2D eigenvalue weighted by Gasteiger charge is -2.38. The van der Waals surface area contributed by atoms with Gasteiger partial charge >= 0.3 is 0 Å². The van der Waals surface area contributed by atoms with Gasteiger partial charge in [-0.3, -0.25) is 9.59 Å². The van der Waals surface area contributed by atoms with Gasteiger partial charge in [0, 0.05) is 18.7 Å². The van der Waals surface area contributed by atoms with E-state index >= 15 is 0 Å². The van der Waals surface area contributed by atoms with Gasteiger partial charge < -0.3 is 15.0 Å². The first-order chi connectivity index (χ1) is 17.2. The van der Waals surface area contributed by atoms with E-state index < -0.39 is 12.1 Å². The van der Waals surface area contributed by atoms with Crippen LogP contribution in [-0.4, -0.2) is 29.4 Å². The van der Waals surface area contributed by atoms with Crippen molar-refractivity contribution in [1.82, 2.24) is 4.90 Å². The minimum Gasteiger partial charge on any atom is -0.481 e. The summed E-state index contributed by atoms with van der Waals surface area (Å²) in [5.41, 5.74) is 4.52. The summed E-state index contributed by atoms with van der Waals surface area (Å²) in [6, 6.07) is 19.3. The Kier molecular flexibility index (Phi) is 7.73. The van der Waals surface area contributed by atoms with Crippen molar-refractivity contribution < 1.29 is 18.7 Å². The van der Waals surface area contributed by atoms with Crippen LogP contribution >= 0.6 is 0 Å². The lowest BCUT2D eigenvalue weighted by molar-refractivity contribution is -0.134. The summed E-state index contributed by atoms with van der Waals surface area (Å²) in [4.78, 5) is 27.8. The van der Waals surface area contributed by atoms with E-state index in [0.717, 1.165) is 22.3 Å². The maximum Gasteiger partial charge on any atom is 0.265 e. The summed E-state index contributed by atoms with van der Waals surface area (Å²) >= 11 is 0. The SMILES string of the molecule is Cc1ccc(NC(=O)[C@H](C)Oc2ccc3c(c2)[C@H](c2cccc(F)c2)N(C(=O)CC(C)C)CC3)cc1. The Balaban J connectivity index is 1.60. The van der Waals surface area contributed by atoms with Crippen LogP contribution in [0.2, 0.25) is 0 Å². The largest absolute Gasteiger partial charge is 0.481 e. The number of nitrogens with one attached hydrogen (secondary N) is 1. The number of ether oxygens (including phenoxy) is 1. The van der Waals surface area contributed by atoms with Crippen LogP contribution in [0.3, 0.4) is 0 Å². The second-order valence-electron chi connectivity index (χ2n) is 9.87. The lowest BCUT2D eigenvalue weighted by atomic mass is 9.87. The highest BCUT2D eigenvalue weighted by atomic mass is 19.1. The second kappa shape index (κ2) is 10.9. The first-order valence-electron chi connectivity index (χ1n) is 12.4. The zero-order valence-electron chi connectivity index (χ0n) is 21.3. The molecule has 36 heavy (non-hydrogen) atoms. The number of hydrogen-bond acceptors (Lipinski definition) is 3. The third kappa shape index (κ3) is 5.93. The smallest absolute Gasteiger partial charge is 0.265 e. The number of benzene rings is 3. The average Bonchev–Trinajstić information content (AvgIpc) is 2.84. The molecule has 0 saturated carbocycles. The van der Waals surface area contributed by atoms with Crippen LogP contribution in [0.25, 0.3) is 0 Å². The van der Waals surface area contributed by atoms with Crippen molar-refractivity contribution in [2.75, 3.05) is 11.9 Å². The van der Waals surface area contributed by atoms with Gasteiger partial charge in [0.25, 0.3) is 5.91 Å². The second-order valence-corrected chi connectivity index (χ2v) is 9.87. The summed E-state index contributed by atoms with van der Waals surface area (Å²) in [6.07, 6.45) is 0.390. The zero-order valence-corrected chi connectivity index (χ0v) is 21.3. The Bertz CT molecular complexity index is 1240. The van der Waals surface area contributed by atoms with Crippen molar-refractivity contribution in [2.45, 2.75) is 52.7 Å². The quantitative estimate of drug-likeness (QED) is 0.440. The first kappa shape index (κ1) is 25.4. The van der Waals surface area contributed by atoms with Gasteiger partial charge in [-0.1, -0.05) is 49.7 Å². The monoisotopic (exact) mass is 488 g/mol. The third-order valence-electron chi connectivity index (χ3n) is 6.41. The lowest BCUT2D eigenvalue weighted by Crippen LogP contribution is -2.41. The molecule has 1 aliphatic heterocycles. The molecule has 0 fully saturated rings. The summed E-state index contributed by atoms with van der Waals surface area (Å²) in [7, 11) is 0. The van der Waals surface area contributed by atoms with Crippen molar-refractivity contribution >= 4 is 17.5 Å². The molecule has 2 amide bonds. The van der Waals surface area contributed by atoms with Gasteiger partial charge in [0.05, 0.1) is 6.04 Å². The molecule has 6 heteroatoms. The fourth-order valence-corrected chi connectivity index (χ4v) is 4.58. The van der Waals surface area contributed by atoms with Gasteiger partial charge in [-0.25, -0.2) is 4.39 Å². The molecule has 0 radical (unpaired) electrons. The number of amides is 2. The minimum atomic E-state index is -0.737. The molecule has 0 unspecified atom stereocenters. The number of aryl methyl sites for hydroxylation is 1. The maximum atomic E-state index is 14.2. The predicted molar refractivity (Wildman–Crippen MR) is 139 cm³/mol. The molecule has 0 saturated heterocycles. The maximum absolute atomic E-state index is 14.2. The predicted octanol–water partition coefficient (Wildman–Crippen LogP) is 6.06. The van der Waals surface area contributed by atoms with Crippen LogP contribution in [0.4, 0.5) is 10.1 Å². The molecule has 4 rings (SSSR count). The number of fused-ring (bicyclic) bond motifs is 1. The van der Waals surface area contributed by atoms with Crippen molar-refractivity contribution in [3.8, 4) is 5.75 Å². The molecule has 0 bridgehead atoms. The molecule has 1 N–H and O–H groups in total. The Morgan fingerprint density at radius 2 is 1.81 bits per heavy atom. The van der Waals surface area contributed by atoms with Gasteiger partial charge in [-0.15, -0.1) is 0 Å². The number of rotatable bonds is 7. The van der Waals surface area contributed by atoms with Gasteiger partial charge in [0.15, 0.2) is 6.10 Å². The van der Waals surface area contributed by atoms with E-state index in [0.29, 0.717) is 30.8 Å². The van der Waals surface area contributed by atoms with Gasteiger partial charge in [-0.2, -0.15) is 0 Å².